The van der Waals surface area contributed by atoms with Crippen molar-refractivity contribution in [3.63, 3.8) is 0 Å². The smallest absolute Gasteiger partial charge is 0.264 e. The third-order valence-corrected chi connectivity index (χ3v) is 5.23. The van der Waals surface area contributed by atoms with Crippen molar-refractivity contribution >= 4 is 34.1 Å². The molecule has 2 heterocycles. The first-order chi connectivity index (χ1) is 13.4. The van der Waals surface area contributed by atoms with Crippen LogP contribution in [-0.4, -0.2) is 51.2 Å². The van der Waals surface area contributed by atoms with Crippen LogP contribution in [-0.2, 0) is 11.3 Å². The first-order valence-electron chi connectivity index (χ1n) is 8.93. The number of para-hydroxylation sites is 1. The Hall–Kier alpha value is -3.00. The van der Waals surface area contributed by atoms with Gasteiger partial charge in [0.25, 0.3) is 11.5 Å². The van der Waals surface area contributed by atoms with E-state index in [0.29, 0.717) is 21.6 Å². The highest BCUT2D eigenvalue weighted by Gasteiger charge is 2.23. The molecule has 1 N–H and O–H groups in total. The van der Waals surface area contributed by atoms with Gasteiger partial charge in [-0.3, -0.25) is 14.4 Å². The molecule has 0 bridgehead atoms. The average molecular weight is 398 g/mol. The zero-order valence-corrected chi connectivity index (χ0v) is 16.8. The molecule has 146 valence electrons. The zero-order chi connectivity index (χ0) is 20.3. The minimum atomic E-state index is -0.234. The third-order valence-electron chi connectivity index (χ3n) is 4.38. The van der Waals surface area contributed by atoms with Crippen molar-refractivity contribution in [1.29, 1.82) is 0 Å². The molecule has 0 spiro atoms. The molecule has 7 nitrogen and oxygen atoms in total. The minimum absolute atomic E-state index is 0.0489. The second-order valence-electron chi connectivity index (χ2n) is 6.78. The van der Waals surface area contributed by atoms with Crippen molar-refractivity contribution < 1.29 is 9.59 Å². The summed E-state index contributed by atoms with van der Waals surface area (Å²) < 4.78 is 0. The number of nitrogens with one attached hydrogen (secondary N) is 1. The quantitative estimate of drug-likeness (QED) is 0.691. The number of nitrogens with zero attached hydrogens (tertiary/aromatic N) is 3. The second kappa shape index (κ2) is 8.35. The second-order valence-corrected chi connectivity index (χ2v) is 7.73. The number of fused-ring (bicyclic) bond motifs is 1. The van der Waals surface area contributed by atoms with Gasteiger partial charge in [-0.2, -0.15) is 0 Å². The largest absolute Gasteiger partial charge is 0.332 e. The molecule has 0 aliphatic heterocycles. The van der Waals surface area contributed by atoms with Gasteiger partial charge in [0.2, 0.25) is 5.91 Å². The number of thiophene rings is 1. The lowest BCUT2D eigenvalue weighted by Crippen LogP contribution is -2.44. The van der Waals surface area contributed by atoms with Crippen LogP contribution in [0.25, 0.3) is 10.9 Å². The first kappa shape index (κ1) is 19.8. The van der Waals surface area contributed by atoms with Crippen molar-refractivity contribution in [2.75, 3.05) is 13.6 Å². The number of likely N-dealkylation sites (N-methyl/N-ethyl adjacent to an activating group) is 1. The molecule has 0 saturated carbocycles. The van der Waals surface area contributed by atoms with E-state index in [2.05, 4.69) is 9.97 Å². The fraction of sp³-hybridized carbons (Fsp3) is 0.300. The molecule has 0 aliphatic rings. The van der Waals surface area contributed by atoms with E-state index in [4.69, 9.17) is 0 Å². The SMILES string of the molecule is CC(C)N(Cc1nc2ccccc2c(=O)[nH]1)C(=O)CN(C)C(=O)c1cccs1. The van der Waals surface area contributed by atoms with Crippen molar-refractivity contribution in [2.24, 2.45) is 0 Å². The number of hydrogen-bond acceptors (Lipinski definition) is 5. The molecule has 1 aromatic carbocycles. The molecule has 3 rings (SSSR count). The van der Waals surface area contributed by atoms with Gasteiger partial charge in [-0.1, -0.05) is 18.2 Å². The molecular weight excluding hydrogens is 376 g/mol. The van der Waals surface area contributed by atoms with Gasteiger partial charge in [-0.05, 0) is 37.4 Å². The number of carbonyl (C=O) groups excluding carboxylic acids is 2. The molecule has 0 saturated heterocycles. The summed E-state index contributed by atoms with van der Waals surface area (Å²) in [6.07, 6.45) is 0. The lowest BCUT2D eigenvalue weighted by molar-refractivity contribution is -0.134. The summed E-state index contributed by atoms with van der Waals surface area (Å²) in [5.41, 5.74) is 0.351. The highest BCUT2D eigenvalue weighted by molar-refractivity contribution is 7.12. The van der Waals surface area contributed by atoms with Gasteiger partial charge in [0.05, 0.1) is 28.9 Å². The van der Waals surface area contributed by atoms with E-state index in [1.165, 1.54) is 16.2 Å². The van der Waals surface area contributed by atoms with Crippen molar-refractivity contribution in [2.45, 2.75) is 26.4 Å². The van der Waals surface area contributed by atoms with Crippen LogP contribution in [0.3, 0.4) is 0 Å². The number of hydrogen-bond donors (Lipinski definition) is 1. The Balaban J connectivity index is 1.77. The number of rotatable bonds is 6. The van der Waals surface area contributed by atoms with Gasteiger partial charge in [0.1, 0.15) is 5.82 Å². The molecule has 28 heavy (non-hydrogen) atoms. The van der Waals surface area contributed by atoms with E-state index in [9.17, 15) is 14.4 Å². The monoisotopic (exact) mass is 398 g/mol. The van der Waals surface area contributed by atoms with E-state index in [1.807, 2.05) is 25.3 Å². The molecule has 0 fully saturated rings. The fourth-order valence-corrected chi connectivity index (χ4v) is 3.60. The average Bonchev–Trinajstić information content (AvgIpc) is 3.19. The van der Waals surface area contributed by atoms with E-state index >= 15 is 0 Å². The third kappa shape index (κ3) is 4.28. The van der Waals surface area contributed by atoms with Gasteiger partial charge < -0.3 is 14.8 Å². The van der Waals surface area contributed by atoms with Crippen LogP contribution < -0.4 is 5.56 Å². The summed E-state index contributed by atoms with van der Waals surface area (Å²) in [5.74, 6) is 0.0143. The van der Waals surface area contributed by atoms with Crippen LogP contribution >= 0.6 is 11.3 Å². The molecule has 0 atom stereocenters. The maximum Gasteiger partial charge on any atom is 0.264 e. The number of carbonyl (C=O) groups is 2. The van der Waals surface area contributed by atoms with Gasteiger partial charge in [-0.25, -0.2) is 4.98 Å². The maximum absolute atomic E-state index is 12.8. The Labute approximate surface area is 166 Å². The Morgan fingerprint density at radius 2 is 1.93 bits per heavy atom. The molecule has 8 heteroatoms. The lowest BCUT2D eigenvalue weighted by atomic mass is 10.2. The predicted octanol–water partition coefficient (Wildman–Crippen LogP) is 2.49. The van der Waals surface area contributed by atoms with Crippen molar-refractivity contribution in [3.8, 4) is 0 Å². The summed E-state index contributed by atoms with van der Waals surface area (Å²) in [5, 5.41) is 2.33. The molecule has 2 aromatic heterocycles. The lowest BCUT2D eigenvalue weighted by Gasteiger charge is -2.28. The molecule has 2 amide bonds. The predicted molar refractivity (Wildman–Crippen MR) is 109 cm³/mol. The van der Waals surface area contributed by atoms with Crippen LogP contribution in [0.15, 0.2) is 46.6 Å². The van der Waals surface area contributed by atoms with Crippen LogP contribution in [0, 0.1) is 0 Å². The summed E-state index contributed by atoms with van der Waals surface area (Å²) in [6, 6.07) is 10.5. The number of amides is 2. The summed E-state index contributed by atoms with van der Waals surface area (Å²) in [4.78, 5) is 48.3. The first-order valence-corrected chi connectivity index (χ1v) is 9.81. The van der Waals surface area contributed by atoms with Crippen LogP contribution in [0.4, 0.5) is 0 Å². The van der Waals surface area contributed by atoms with Gasteiger partial charge in [0, 0.05) is 13.1 Å². The topological polar surface area (TPSA) is 86.4 Å². The van der Waals surface area contributed by atoms with Gasteiger partial charge in [-0.15, -0.1) is 11.3 Å². The van der Waals surface area contributed by atoms with E-state index < -0.39 is 0 Å². The number of aromatic amines is 1. The van der Waals surface area contributed by atoms with Crippen molar-refractivity contribution in [3.05, 3.63) is 62.8 Å². The van der Waals surface area contributed by atoms with Crippen LogP contribution in [0.2, 0.25) is 0 Å². The summed E-state index contributed by atoms with van der Waals surface area (Å²) in [7, 11) is 1.61. The summed E-state index contributed by atoms with van der Waals surface area (Å²) in [6.45, 7) is 3.89. The fourth-order valence-electron chi connectivity index (χ4n) is 2.88. The molecule has 0 aliphatic carbocycles. The van der Waals surface area contributed by atoms with Gasteiger partial charge in [0.15, 0.2) is 0 Å². The summed E-state index contributed by atoms with van der Waals surface area (Å²) >= 11 is 1.34. The molecule has 0 radical (unpaired) electrons. The Bertz CT molecular complexity index is 1040. The Kier molecular flexibility index (Phi) is 5.89. The Morgan fingerprint density at radius 1 is 1.18 bits per heavy atom. The number of H-pyrrole nitrogens is 1. The van der Waals surface area contributed by atoms with Crippen molar-refractivity contribution in [1.82, 2.24) is 19.8 Å². The van der Waals surface area contributed by atoms with E-state index in [-0.39, 0.29) is 36.5 Å². The normalized spacial score (nSPS) is 11.0. The van der Waals surface area contributed by atoms with E-state index in [1.54, 1.807) is 42.3 Å². The maximum atomic E-state index is 12.8. The highest BCUT2D eigenvalue weighted by Crippen LogP contribution is 2.13. The van der Waals surface area contributed by atoms with Crippen LogP contribution in [0.5, 0.6) is 0 Å². The standard InChI is InChI=1S/C20H22N4O3S/c1-13(2)24(18(25)12-23(3)20(27)16-9-6-10-28-16)11-17-21-15-8-5-4-7-14(15)19(26)22-17/h4-10,13H,11-12H2,1-3H3,(H,21,22,26). The zero-order valence-electron chi connectivity index (χ0n) is 16.0. The van der Waals surface area contributed by atoms with E-state index in [0.717, 1.165) is 0 Å². The number of benzene rings is 1. The van der Waals surface area contributed by atoms with Crippen LogP contribution in [0.1, 0.15) is 29.3 Å². The highest BCUT2D eigenvalue weighted by atomic mass is 32.1. The Morgan fingerprint density at radius 3 is 2.61 bits per heavy atom. The molecule has 3 aromatic rings. The minimum Gasteiger partial charge on any atom is -0.332 e. The number of aromatic nitrogens is 2. The molecule has 0 unspecified atom stereocenters. The van der Waals surface area contributed by atoms with Gasteiger partial charge >= 0.3 is 0 Å². The molecular formula is C20H22N4O3S.